The van der Waals surface area contributed by atoms with E-state index >= 15 is 0 Å². The lowest BCUT2D eigenvalue weighted by Gasteiger charge is -2.31. The van der Waals surface area contributed by atoms with Crippen LogP contribution in [0.3, 0.4) is 0 Å². The monoisotopic (exact) mass is 937 g/mol. The van der Waals surface area contributed by atoms with Gasteiger partial charge >= 0.3 is 0 Å². The van der Waals surface area contributed by atoms with Crippen molar-refractivity contribution in [3.63, 3.8) is 0 Å². The lowest BCUT2D eigenvalue weighted by atomic mass is 9.83. The first-order valence-corrected chi connectivity index (χ1v) is 24.9. The zero-order valence-electron chi connectivity index (χ0n) is 39.0. The van der Waals surface area contributed by atoms with Gasteiger partial charge < -0.3 is 32.4 Å². The largest absolute Gasteiger partial charge is 0.454 e. The summed E-state index contributed by atoms with van der Waals surface area (Å²) in [6, 6.07) is 72.5. The molecule has 2 unspecified atom stereocenters. The summed E-state index contributed by atoms with van der Waals surface area (Å²) in [6.07, 6.45) is 6.98. The predicted molar refractivity (Wildman–Crippen MR) is 297 cm³/mol. The molecule has 7 nitrogen and oxygen atoms in total. The molecule has 0 fully saturated rings. The molecular formula is C66H39N3O4. The van der Waals surface area contributed by atoms with E-state index < -0.39 is 0 Å². The van der Waals surface area contributed by atoms with Crippen LogP contribution in [0.1, 0.15) is 17.0 Å². The Morgan fingerprint density at radius 2 is 0.781 bits per heavy atom. The molecule has 0 radical (unpaired) electrons. The van der Waals surface area contributed by atoms with Crippen molar-refractivity contribution in [3.05, 3.63) is 236 Å². The third-order valence-electron chi connectivity index (χ3n) is 15.7. The number of anilines is 8. The Morgan fingerprint density at radius 1 is 0.356 bits per heavy atom. The number of nitrogens with zero attached hydrogens (tertiary/aromatic N) is 3. The van der Waals surface area contributed by atoms with Gasteiger partial charge in [-0.05, 0) is 78.4 Å². The molecule has 2 aliphatic heterocycles. The summed E-state index contributed by atoms with van der Waals surface area (Å²) in [5.41, 5.74) is 18.2. The molecule has 0 saturated carbocycles. The van der Waals surface area contributed by atoms with Crippen molar-refractivity contribution in [2.45, 2.75) is 12.0 Å². The number of fused-ring (bicyclic) bond motifs is 20. The van der Waals surface area contributed by atoms with Gasteiger partial charge in [0.1, 0.15) is 22.3 Å². The number of furan rings is 4. The van der Waals surface area contributed by atoms with E-state index in [9.17, 15) is 0 Å². The molecule has 0 saturated heterocycles. The predicted octanol–water partition coefficient (Wildman–Crippen LogP) is 18.8. The zero-order chi connectivity index (χ0) is 47.5. The maximum atomic E-state index is 7.21. The highest BCUT2D eigenvalue weighted by Crippen LogP contribution is 2.67. The van der Waals surface area contributed by atoms with Crippen LogP contribution < -0.4 is 14.7 Å². The third-order valence-corrected chi connectivity index (χ3v) is 15.7. The summed E-state index contributed by atoms with van der Waals surface area (Å²) >= 11 is 0. The summed E-state index contributed by atoms with van der Waals surface area (Å²) in [4.78, 5) is 7.39. The van der Waals surface area contributed by atoms with Gasteiger partial charge in [0.25, 0.3) is 0 Å². The Kier molecular flexibility index (Phi) is 7.72. The second-order valence-electron chi connectivity index (χ2n) is 19.4. The van der Waals surface area contributed by atoms with Crippen LogP contribution >= 0.6 is 0 Å². The maximum absolute atomic E-state index is 7.21. The smallest absolute Gasteiger partial charge is 0.159 e. The van der Waals surface area contributed by atoms with Gasteiger partial charge in [-0.1, -0.05) is 152 Å². The average Bonchev–Trinajstić information content (AvgIpc) is 4.34. The van der Waals surface area contributed by atoms with Crippen molar-refractivity contribution in [1.29, 1.82) is 0 Å². The van der Waals surface area contributed by atoms with Gasteiger partial charge in [-0.15, -0.1) is 0 Å². The molecule has 73 heavy (non-hydrogen) atoms. The molecule has 0 bridgehead atoms. The third kappa shape index (κ3) is 5.22. The summed E-state index contributed by atoms with van der Waals surface area (Å²) in [6.45, 7) is 0. The molecule has 0 spiro atoms. The van der Waals surface area contributed by atoms with Crippen LogP contribution in [0.25, 0.3) is 93.3 Å². The van der Waals surface area contributed by atoms with Gasteiger partial charge in [0, 0.05) is 71.5 Å². The lowest BCUT2D eigenvalue weighted by molar-refractivity contribution is 0.664. The normalized spacial score (nSPS) is 15.7. The van der Waals surface area contributed by atoms with Gasteiger partial charge in [-0.2, -0.15) is 0 Å². The lowest BCUT2D eigenvalue weighted by Crippen LogP contribution is -2.26. The molecule has 2 atom stereocenters. The van der Waals surface area contributed by atoms with E-state index in [0.29, 0.717) is 0 Å². The molecule has 6 heterocycles. The van der Waals surface area contributed by atoms with Gasteiger partial charge in [-0.25, -0.2) is 0 Å². The van der Waals surface area contributed by atoms with E-state index in [-0.39, 0.29) is 12.0 Å². The number of rotatable bonds is 6. The first kappa shape index (κ1) is 39.1. The van der Waals surface area contributed by atoms with E-state index in [1.807, 2.05) is 12.1 Å². The molecule has 0 N–H and O–H groups in total. The van der Waals surface area contributed by atoms with E-state index in [2.05, 4.69) is 227 Å². The first-order valence-electron chi connectivity index (χ1n) is 24.9. The summed E-state index contributed by atoms with van der Waals surface area (Å²) in [7, 11) is 0. The van der Waals surface area contributed by atoms with Crippen LogP contribution in [0.2, 0.25) is 0 Å². The van der Waals surface area contributed by atoms with Crippen LogP contribution in [0.5, 0.6) is 0 Å². The number of allylic oxidation sites excluding steroid dienone is 2. The van der Waals surface area contributed by atoms with Crippen molar-refractivity contribution in [1.82, 2.24) is 0 Å². The van der Waals surface area contributed by atoms with Crippen LogP contribution in [-0.2, 0) is 0 Å². The SMILES string of the molecule is C1=CC2c3c(N(c4ccccc4)c4cccc5c4oc4ccccc45)cc4c(oc5ccccc54)c3N3c4c(c(N(c5ccccc5)c5cccc6c5oc5ccccc56)cc5c4oc4ccccc45)C(=C1)C23. The van der Waals surface area contributed by atoms with Crippen LogP contribution in [0.4, 0.5) is 45.5 Å². The van der Waals surface area contributed by atoms with E-state index in [1.54, 1.807) is 0 Å². The number of para-hydroxylation sites is 8. The van der Waals surface area contributed by atoms with E-state index in [1.165, 1.54) is 11.1 Å². The maximum Gasteiger partial charge on any atom is 0.159 e. The van der Waals surface area contributed by atoms with Crippen LogP contribution in [0, 0.1) is 0 Å². The molecule has 10 aromatic carbocycles. The number of hydrogen-bond acceptors (Lipinski definition) is 7. The Morgan fingerprint density at radius 3 is 1.32 bits per heavy atom. The molecule has 17 rings (SSSR count). The Balaban J connectivity index is 1.01. The summed E-state index contributed by atoms with van der Waals surface area (Å²) < 4.78 is 28.2. The molecule has 1 aliphatic carbocycles. The van der Waals surface area contributed by atoms with Gasteiger partial charge in [-0.3, -0.25) is 0 Å². The summed E-state index contributed by atoms with van der Waals surface area (Å²) in [5.74, 6) is -0.104. The number of hydrogen-bond donors (Lipinski definition) is 0. The highest BCUT2D eigenvalue weighted by molar-refractivity contribution is 6.23. The fraction of sp³-hybridized carbons (Fsp3) is 0.0303. The molecule has 3 aliphatic rings. The average molecular weight is 938 g/mol. The number of benzene rings is 10. The highest BCUT2D eigenvalue weighted by Gasteiger charge is 2.53. The van der Waals surface area contributed by atoms with E-state index in [4.69, 9.17) is 17.7 Å². The minimum atomic E-state index is -0.149. The van der Waals surface area contributed by atoms with Crippen LogP contribution in [0.15, 0.2) is 242 Å². The molecule has 0 amide bonds. The first-order chi connectivity index (χ1) is 36.2. The second-order valence-corrected chi connectivity index (χ2v) is 19.4. The van der Waals surface area contributed by atoms with Crippen molar-refractivity contribution in [3.8, 4) is 0 Å². The van der Waals surface area contributed by atoms with E-state index in [0.717, 1.165) is 139 Å². The zero-order valence-corrected chi connectivity index (χ0v) is 39.0. The van der Waals surface area contributed by atoms with Crippen molar-refractivity contribution < 1.29 is 17.7 Å². The van der Waals surface area contributed by atoms with Crippen molar-refractivity contribution in [2.24, 2.45) is 0 Å². The fourth-order valence-corrected chi connectivity index (χ4v) is 12.8. The second kappa shape index (κ2) is 14.4. The van der Waals surface area contributed by atoms with Crippen LogP contribution in [-0.4, -0.2) is 6.04 Å². The molecule has 4 aromatic heterocycles. The van der Waals surface area contributed by atoms with Gasteiger partial charge in [0.15, 0.2) is 22.3 Å². The quantitative estimate of drug-likeness (QED) is 0.165. The fourth-order valence-electron chi connectivity index (χ4n) is 12.8. The Labute approximate surface area is 416 Å². The Bertz CT molecular complexity index is 4730. The molecule has 14 aromatic rings. The van der Waals surface area contributed by atoms with Crippen molar-refractivity contribution in [2.75, 3.05) is 14.7 Å². The highest BCUT2D eigenvalue weighted by atomic mass is 16.3. The standard InChI is InChI=1S/C66H39N3O4/c1-3-18-38(19-4-1)67(50-30-16-26-44-40-22-7-11-32-54(40)70-63(44)50)52-36-48-42-24-9-13-34-56(42)72-65(48)61-58(52)46-28-15-29-47-59-53(37-49-43-25-10-14-35-57(43)73-66(49)62(59)69(61)60(46)47)68(39-20-5-2-6-21-39)51-31-17-27-45-41-23-8-12-33-55(41)71-64(45)51/h1-37,46,60H. The summed E-state index contributed by atoms with van der Waals surface area (Å²) in [5, 5.41) is 8.46. The molecule has 7 heteroatoms. The van der Waals surface area contributed by atoms with Gasteiger partial charge in [0.2, 0.25) is 0 Å². The minimum Gasteiger partial charge on any atom is -0.454 e. The topological polar surface area (TPSA) is 62.3 Å². The molecule has 342 valence electrons. The van der Waals surface area contributed by atoms with Crippen molar-refractivity contribution >= 4 is 139 Å². The van der Waals surface area contributed by atoms with Gasteiger partial charge in [0.05, 0.1) is 40.2 Å². The Hall–Kier alpha value is -9.72. The minimum absolute atomic E-state index is 0.104. The molecular weight excluding hydrogens is 899 g/mol.